The predicted octanol–water partition coefficient (Wildman–Crippen LogP) is 1.37. The average Bonchev–Trinajstić information content (AvgIpc) is 2.78. The van der Waals surface area contributed by atoms with Crippen molar-refractivity contribution in [1.82, 2.24) is 4.90 Å². The quantitative estimate of drug-likeness (QED) is 0.757. The van der Waals surface area contributed by atoms with Gasteiger partial charge in [-0.25, -0.2) is 9.69 Å². The number of benzene rings is 1. The first-order chi connectivity index (χ1) is 8.70. The monoisotopic (exact) mass is 247 g/mol. The Morgan fingerprint density at radius 1 is 1.39 bits per heavy atom. The van der Waals surface area contributed by atoms with Gasteiger partial charge in [0.25, 0.3) is 0 Å². The number of rotatable bonds is 3. The molecule has 1 aliphatic heterocycles. The number of aldehydes is 1. The van der Waals surface area contributed by atoms with Crippen LogP contribution in [0.4, 0.5) is 4.79 Å². The van der Waals surface area contributed by atoms with Crippen molar-refractivity contribution >= 4 is 18.3 Å². The molecule has 1 aromatic rings. The van der Waals surface area contributed by atoms with E-state index < -0.39 is 12.0 Å². The second kappa shape index (κ2) is 5.44. The average molecular weight is 247 g/mol. The van der Waals surface area contributed by atoms with Gasteiger partial charge in [-0.2, -0.15) is 0 Å². The molecule has 0 spiro atoms. The Morgan fingerprint density at radius 2 is 2.11 bits per heavy atom. The first-order valence-electron chi connectivity index (χ1n) is 5.67. The largest absolute Gasteiger partial charge is 0.444 e. The molecule has 1 atom stereocenters. The van der Waals surface area contributed by atoms with Crippen molar-refractivity contribution in [1.29, 1.82) is 0 Å². The van der Waals surface area contributed by atoms with Gasteiger partial charge < -0.3 is 9.53 Å². The zero-order valence-corrected chi connectivity index (χ0v) is 9.74. The van der Waals surface area contributed by atoms with Crippen LogP contribution in [0.2, 0.25) is 0 Å². The summed E-state index contributed by atoms with van der Waals surface area (Å²) in [6.07, 6.45) is 0.0972. The van der Waals surface area contributed by atoms with Gasteiger partial charge in [-0.1, -0.05) is 30.3 Å². The van der Waals surface area contributed by atoms with Crippen LogP contribution < -0.4 is 0 Å². The lowest BCUT2D eigenvalue weighted by atomic mass is 10.1. The van der Waals surface area contributed by atoms with Crippen molar-refractivity contribution in [2.75, 3.05) is 6.54 Å². The van der Waals surface area contributed by atoms with E-state index in [2.05, 4.69) is 0 Å². The van der Waals surface area contributed by atoms with Gasteiger partial charge in [0.05, 0.1) is 0 Å². The highest BCUT2D eigenvalue weighted by Gasteiger charge is 2.34. The number of imide groups is 1. The number of hydrogen-bond donors (Lipinski definition) is 0. The molecule has 5 heteroatoms. The summed E-state index contributed by atoms with van der Waals surface area (Å²) in [5.74, 6) is -0.757. The van der Waals surface area contributed by atoms with Gasteiger partial charge in [-0.3, -0.25) is 4.79 Å². The first-order valence-corrected chi connectivity index (χ1v) is 5.67. The summed E-state index contributed by atoms with van der Waals surface area (Å²) in [7, 11) is 0. The Kier molecular flexibility index (Phi) is 3.72. The van der Waals surface area contributed by atoms with Crippen molar-refractivity contribution < 1.29 is 19.1 Å². The second-order valence-electron chi connectivity index (χ2n) is 4.14. The molecule has 1 heterocycles. The fourth-order valence-electron chi connectivity index (χ4n) is 1.80. The summed E-state index contributed by atoms with van der Waals surface area (Å²) >= 11 is 0. The fraction of sp³-hybridized carbons (Fsp3) is 0.308. The lowest BCUT2D eigenvalue weighted by molar-refractivity contribution is -0.126. The molecule has 94 valence electrons. The maximum absolute atomic E-state index is 11.7. The van der Waals surface area contributed by atoms with Crippen LogP contribution in [0.5, 0.6) is 0 Å². The number of carbonyl (C=O) groups is 3. The number of ether oxygens (including phenoxy) is 1. The zero-order valence-electron chi connectivity index (χ0n) is 9.74. The highest BCUT2D eigenvalue weighted by Crippen LogP contribution is 2.17. The van der Waals surface area contributed by atoms with E-state index in [1.54, 1.807) is 0 Å². The fourth-order valence-corrected chi connectivity index (χ4v) is 1.80. The van der Waals surface area contributed by atoms with Crippen LogP contribution in [0.3, 0.4) is 0 Å². The van der Waals surface area contributed by atoms with Crippen LogP contribution in [0.25, 0.3) is 0 Å². The normalized spacial score (nSPS) is 18.8. The third kappa shape index (κ3) is 2.74. The van der Waals surface area contributed by atoms with Crippen LogP contribution in [-0.4, -0.2) is 29.7 Å². The van der Waals surface area contributed by atoms with E-state index in [9.17, 15) is 14.4 Å². The van der Waals surface area contributed by atoms with Gasteiger partial charge in [-0.15, -0.1) is 0 Å². The Balaban J connectivity index is 1.89. The van der Waals surface area contributed by atoms with E-state index in [0.717, 1.165) is 10.5 Å². The maximum Gasteiger partial charge on any atom is 0.416 e. The summed E-state index contributed by atoms with van der Waals surface area (Å²) in [6, 6.07) is 9.20. The lowest BCUT2D eigenvalue weighted by Gasteiger charge is -2.13. The van der Waals surface area contributed by atoms with Crippen LogP contribution >= 0.6 is 0 Å². The summed E-state index contributed by atoms with van der Waals surface area (Å²) in [5, 5.41) is 0. The van der Waals surface area contributed by atoms with Crippen LogP contribution in [0.1, 0.15) is 12.0 Å². The Labute approximate surface area is 104 Å². The Bertz CT molecular complexity index is 457. The van der Waals surface area contributed by atoms with Gasteiger partial charge in [0, 0.05) is 18.9 Å². The van der Waals surface area contributed by atoms with Gasteiger partial charge in [0.1, 0.15) is 12.9 Å². The van der Waals surface area contributed by atoms with Crippen molar-refractivity contribution in [2.24, 2.45) is 5.92 Å². The van der Waals surface area contributed by atoms with E-state index in [1.807, 2.05) is 30.3 Å². The molecule has 1 aliphatic rings. The predicted molar refractivity (Wildman–Crippen MR) is 62.5 cm³/mol. The van der Waals surface area contributed by atoms with E-state index >= 15 is 0 Å². The standard InChI is InChI=1S/C13H13NO4/c15-8-11-6-12(16)14(7-11)13(17)18-9-10-4-2-1-3-5-10/h1-5,8,11H,6-7,9H2/t11-/m0/s1. The number of likely N-dealkylation sites (tertiary alicyclic amines) is 1. The first kappa shape index (κ1) is 12.3. The summed E-state index contributed by atoms with van der Waals surface area (Å²) < 4.78 is 5.03. The Morgan fingerprint density at radius 3 is 2.72 bits per heavy atom. The molecule has 1 saturated heterocycles. The van der Waals surface area contributed by atoms with Crippen LogP contribution in [-0.2, 0) is 20.9 Å². The smallest absolute Gasteiger partial charge is 0.416 e. The van der Waals surface area contributed by atoms with E-state index in [1.165, 1.54) is 0 Å². The molecule has 0 unspecified atom stereocenters. The van der Waals surface area contributed by atoms with Crippen LogP contribution in [0, 0.1) is 5.92 Å². The molecule has 5 nitrogen and oxygen atoms in total. The Hall–Kier alpha value is -2.17. The molecule has 1 aromatic carbocycles. The number of nitrogens with zero attached hydrogens (tertiary/aromatic N) is 1. The second-order valence-corrected chi connectivity index (χ2v) is 4.14. The number of carbonyl (C=O) groups excluding carboxylic acids is 3. The zero-order chi connectivity index (χ0) is 13.0. The molecule has 0 aromatic heterocycles. The van der Waals surface area contributed by atoms with Crippen molar-refractivity contribution in [3.8, 4) is 0 Å². The highest BCUT2D eigenvalue weighted by molar-refractivity contribution is 5.95. The van der Waals surface area contributed by atoms with Crippen LogP contribution in [0.15, 0.2) is 30.3 Å². The number of hydrogen-bond acceptors (Lipinski definition) is 4. The molecule has 1 fully saturated rings. The van der Waals surface area contributed by atoms with Gasteiger partial charge in [0.15, 0.2) is 0 Å². The summed E-state index contributed by atoms with van der Waals surface area (Å²) in [6.45, 7) is 0.241. The molecule has 2 rings (SSSR count). The van der Waals surface area contributed by atoms with E-state index in [4.69, 9.17) is 4.74 Å². The van der Waals surface area contributed by atoms with Crippen molar-refractivity contribution in [2.45, 2.75) is 13.0 Å². The molecule has 18 heavy (non-hydrogen) atoms. The minimum atomic E-state index is -0.687. The molecule has 0 aliphatic carbocycles. The summed E-state index contributed by atoms with van der Waals surface area (Å²) in [4.78, 5) is 34.7. The highest BCUT2D eigenvalue weighted by atomic mass is 16.6. The minimum Gasteiger partial charge on any atom is -0.444 e. The summed E-state index contributed by atoms with van der Waals surface area (Å²) in [5.41, 5.74) is 0.851. The molecule has 0 saturated carbocycles. The van der Waals surface area contributed by atoms with Crippen molar-refractivity contribution in [3.63, 3.8) is 0 Å². The molecule has 0 bridgehead atoms. The molecule has 2 amide bonds. The van der Waals surface area contributed by atoms with E-state index in [-0.39, 0.29) is 25.5 Å². The topological polar surface area (TPSA) is 63.7 Å². The maximum atomic E-state index is 11.7. The third-order valence-electron chi connectivity index (χ3n) is 2.77. The van der Waals surface area contributed by atoms with Crippen molar-refractivity contribution in [3.05, 3.63) is 35.9 Å². The molecular formula is C13H13NO4. The van der Waals surface area contributed by atoms with Gasteiger partial charge >= 0.3 is 6.09 Å². The molecule has 0 radical (unpaired) electrons. The minimum absolute atomic E-state index is 0.0872. The van der Waals surface area contributed by atoms with Gasteiger partial charge in [-0.05, 0) is 5.56 Å². The molecule has 0 N–H and O–H groups in total. The third-order valence-corrected chi connectivity index (χ3v) is 2.77. The lowest BCUT2D eigenvalue weighted by Crippen LogP contribution is -2.32. The van der Waals surface area contributed by atoms with E-state index in [0.29, 0.717) is 6.29 Å². The number of amides is 2. The SMILES string of the molecule is O=C[C@H]1CC(=O)N(C(=O)OCc2ccccc2)C1. The van der Waals surface area contributed by atoms with Gasteiger partial charge in [0.2, 0.25) is 5.91 Å². The molecular weight excluding hydrogens is 234 g/mol.